The number of hydrogen-bond acceptors (Lipinski definition) is 8. The Morgan fingerprint density at radius 3 is 2.52 bits per heavy atom. The van der Waals surface area contributed by atoms with E-state index in [4.69, 9.17) is 0 Å². The van der Waals surface area contributed by atoms with Gasteiger partial charge in [0.05, 0.1) is 10.9 Å². The van der Waals surface area contributed by atoms with Crippen molar-refractivity contribution in [1.29, 1.82) is 0 Å². The van der Waals surface area contributed by atoms with Crippen molar-refractivity contribution >= 4 is 50.2 Å². The zero-order valence-corrected chi connectivity index (χ0v) is 27.6. The number of nitrogens with one attached hydrogen (secondary N) is 1. The van der Waals surface area contributed by atoms with Gasteiger partial charge in [-0.25, -0.2) is 15.0 Å². The van der Waals surface area contributed by atoms with E-state index in [9.17, 15) is 14.4 Å². The summed E-state index contributed by atoms with van der Waals surface area (Å²) in [6.07, 6.45) is 6.00. The fourth-order valence-corrected chi connectivity index (χ4v) is 7.02. The molecule has 2 aliphatic carbocycles. The van der Waals surface area contributed by atoms with Crippen LogP contribution in [-0.2, 0) is 16.1 Å². The molecule has 3 atom stereocenters. The summed E-state index contributed by atoms with van der Waals surface area (Å²) < 4.78 is 2.18. The molecule has 1 N–H and O–H groups in total. The average molecular weight is 682 g/mol. The third-order valence-corrected chi connectivity index (χ3v) is 9.42. The van der Waals surface area contributed by atoms with Crippen molar-refractivity contribution in [3.8, 4) is 23.0 Å². The van der Waals surface area contributed by atoms with Gasteiger partial charge in [0.25, 0.3) is 0 Å². The van der Waals surface area contributed by atoms with Crippen LogP contribution < -0.4 is 5.32 Å². The molecule has 0 radical (unpaired) electrons. The number of halogens is 1. The number of hydrogen-bond donors (Lipinski definition) is 1. The Balaban J connectivity index is 1.21. The molecule has 0 spiro atoms. The highest BCUT2D eigenvalue weighted by atomic mass is 79.9. The summed E-state index contributed by atoms with van der Waals surface area (Å²) in [7, 11) is 3.93. The van der Waals surface area contributed by atoms with Gasteiger partial charge in [0, 0.05) is 36.8 Å². The number of aryl methyl sites for hydroxylation is 1. The number of carbonyl (C=O) groups excluding carboxylic acids is 3. The number of pyridine rings is 1. The van der Waals surface area contributed by atoms with Crippen molar-refractivity contribution < 1.29 is 14.4 Å². The summed E-state index contributed by atoms with van der Waals surface area (Å²) in [5.41, 5.74) is 3.04. The Morgan fingerprint density at radius 1 is 1.11 bits per heavy atom. The van der Waals surface area contributed by atoms with E-state index in [1.165, 1.54) is 6.92 Å². The molecule has 234 valence electrons. The monoisotopic (exact) mass is 680 g/mol. The van der Waals surface area contributed by atoms with Crippen molar-refractivity contribution in [3.63, 3.8) is 0 Å². The first-order valence-electron chi connectivity index (χ1n) is 15.3. The van der Waals surface area contributed by atoms with E-state index >= 15 is 0 Å². The number of rotatable bonds is 9. The summed E-state index contributed by atoms with van der Waals surface area (Å²) in [6.45, 7) is 3.74. The van der Waals surface area contributed by atoms with Crippen molar-refractivity contribution in [2.75, 3.05) is 26.0 Å². The number of likely N-dealkylation sites (tertiary alicyclic amines) is 1. The van der Waals surface area contributed by atoms with Gasteiger partial charge >= 0.3 is 0 Å². The first-order valence-corrected chi connectivity index (χ1v) is 16.1. The molecule has 1 saturated carbocycles. The Kier molecular flexibility index (Phi) is 7.48. The Morgan fingerprint density at radius 2 is 1.87 bits per heavy atom. The smallest absolute Gasteiger partial charge is 0.248 e. The SMILES string of the molecule is CC(=O)c1nn(CC(=O)N2[C@H](C(=O)Nc3nc(Br)ccc3C3CC3)C[C@@]3(CN(C)C)C#C[C@@H]23)c2ccc(-c3cnc(C)nc3)cc12. The predicted molar refractivity (Wildman–Crippen MR) is 176 cm³/mol. The number of fused-ring (bicyclic) bond motifs is 2. The van der Waals surface area contributed by atoms with E-state index in [0.717, 1.165) is 29.5 Å². The summed E-state index contributed by atoms with van der Waals surface area (Å²) in [6, 6.07) is 8.32. The van der Waals surface area contributed by atoms with E-state index in [0.29, 0.717) is 46.0 Å². The standard InChI is InChI=1S/C34H33BrN8O3/c1-19(44)31-25-13-22(23-15-36-20(2)37-16-23)7-9-26(25)42(40-31)17-30(45)43-27(14-34(18-41(3)4)12-11-28(34)43)33(46)39-32-24(21-5-6-21)8-10-29(35)38-32/h7-10,13,15-16,21,27-28H,5-6,14,17-18H2,1-4H3,(H,38,39,46)/t27-,28+,34+/m0/s1. The molecule has 3 aromatic heterocycles. The fourth-order valence-electron chi connectivity index (χ4n) is 6.72. The maximum Gasteiger partial charge on any atom is 0.248 e. The molecular formula is C34H33BrN8O3. The van der Waals surface area contributed by atoms with E-state index in [2.05, 4.69) is 53.1 Å². The molecule has 1 aromatic carbocycles. The molecule has 2 fully saturated rings. The molecule has 1 aliphatic heterocycles. The minimum absolute atomic E-state index is 0.154. The molecule has 0 unspecified atom stereocenters. The fraction of sp³-hybridized carbons (Fsp3) is 0.382. The number of ketones is 1. The predicted octanol–water partition coefficient (Wildman–Crippen LogP) is 4.21. The third kappa shape index (κ3) is 5.37. The molecule has 46 heavy (non-hydrogen) atoms. The van der Waals surface area contributed by atoms with E-state index in [-0.39, 0.29) is 29.8 Å². The Bertz CT molecular complexity index is 1970. The highest BCUT2D eigenvalue weighted by Gasteiger charge is 2.58. The average Bonchev–Trinajstić information content (AvgIpc) is 3.74. The maximum absolute atomic E-state index is 14.3. The lowest BCUT2D eigenvalue weighted by molar-refractivity contribution is -0.138. The molecule has 4 aromatic rings. The summed E-state index contributed by atoms with van der Waals surface area (Å²) >= 11 is 3.44. The molecule has 7 rings (SSSR count). The first-order chi connectivity index (χ1) is 22.0. The largest absolute Gasteiger partial charge is 0.314 e. The van der Waals surface area contributed by atoms with Crippen LogP contribution in [0, 0.1) is 24.2 Å². The van der Waals surface area contributed by atoms with Gasteiger partial charge in [-0.15, -0.1) is 0 Å². The lowest BCUT2D eigenvalue weighted by Crippen LogP contribution is -2.53. The second kappa shape index (κ2) is 11.4. The Labute approximate surface area is 274 Å². The number of nitrogens with zero attached hydrogens (tertiary/aromatic N) is 7. The summed E-state index contributed by atoms with van der Waals surface area (Å²) in [4.78, 5) is 57.8. The van der Waals surface area contributed by atoms with Crippen molar-refractivity contribution in [1.82, 2.24) is 34.5 Å². The highest BCUT2D eigenvalue weighted by Crippen LogP contribution is 2.47. The van der Waals surface area contributed by atoms with Crippen LogP contribution in [-0.4, -0.2) is 84.9 Å². The number of anilines is 1. The quantitative estimate of drug-likeness (QED) is 0.158. The first kappa shape index (κ1) is 30.2. The van der Waals surface area contributed by atoms with Gasteiger partial charge in [0.1, 0.15) is 40.6 Å². The van der Waals surface area contributed by atoms with Crippen LogP contribution >= 0.6 is 15.9 Å². The molecule has 11 nitrogen and oxygen atoms in total. The van der Waals surface area contributed by atoms with Crippen LogP contribution in [0.5, 0.6) is 0 Å². The highest BCUT2D eigenvalue weighted by molar-refractivity contribution is 9.10. The number of aromatic nitrogens is 5. The zero-order chi connectivity index (χ0) is 32.3. The minimum atomic E-state index is -0.768. The number of Topliss-reactive ketones (excluding diaryl/α,β-unsaturated/α-hetero) is 1. The van der Waals surface area contributed by atoms with Gasteiger partial charge in [-0.2, -0.15) is 5.10 Å². The van der Waals surface area contributed by atoms with Crippen LogP contribution in [0.1, 0.15) is 54.0 Å². The minimum Gasteiger partial charge on any atom is -0.314 e. The molecule has 3 aliphatic rings. The molecule has 0 bridgehead atoms. The summed E-state index contributed by atoms with van der Waals surface area (Å²) in [5.74, 6) is 7.26. The third-order valence-electron chi connectivity index (χ3n) is 8.98. The van der Waals surface area contributed by atoms with Gasteiger partial charge in [-0.1, -0.05) is 24.0 Å². The van der Waals surface area contributed by atoms with Crippen LogP contribution in [0.25, 0.3) is 22.0 Å². The van der Waals surface area contributed by atoms with Crippen molar-refractivity contribution in [3.05, 3.63) is 64.4 Å². The van der Waals surface area contributed by atoms with Crippen LogP contribution in [0.4, 0.5) is 5.82 Å². The molecule has 1 saturated heterocycles. The van der Waals surface area contributed by atoms with Gasteiger partial charge in [-0.05, 0) is 91.5 Å². The Hall–Kier alpha value is -4.47. The molecular weight excluding hydrogens is 648 g/mol. The number of carbonyl (C=O) groups is 3. The molecule has 2 amide bonds. The zero-order valence-electron chi connectivity index (χ0n) is 26.0. The van der Waals surface area contributed by atoms with Crippen LogP contribution in [0.15, 0.2) is 47.3 Å². The summed E-state index contributed by atoms with van der Waals surface area (Å²) in [5, 5.41) is 8.28. The second-order valence-corrected chi connectivity index (χ2v) is 13.5. The molecule has 4 heterocycles. The van der Waals surface area contributed by atoms with Crippen LogP contribution in [0.2, 0.25) is 0 Å². The van der Waals surface area contributed by atoms with E-state index < -0.39 is 17.5 Å². The van der Waals surface area contributed by atoms with E-state index in [1.807, 2.05) is 56.3 Å². The molecule has 12 heteroatoms. The van der Waals surface area contributed by atoms with Crippen molar-refractivity contribution in [2.45, 2.75) is 57.7 Å². The van der Waals surface area contributed by atoms with Gasteiger partial charge in [-0.3, -0.25) is 19.1 Å². The number of benzene rings is 1. The van der Waals surface area contributed by atoms with Gasteiger partial charge in [0.15, 0.2) is 5.78 Å². The van der Waals surface area contributed by atoms with Crippen LogP contribution in [0.3, 0.4) is 0 Å². The lowest BCUT2D eigenvalue weighted by Gasteiger charge is -2.38. The lowest BCUT2D eigenvalue weighted by atomic mass is 9.73. The van der Waals surface area contributed by atoms with E-state index in [1.54, 1.807) is 22.0 Å². The van der Waals surface area contributed by atoms with Gasteiger partial charge in [0.2, 0.25) is 11.8 Å². The number of amides is 2. The maximum atomic E-state index is 14.3. The topological polar surface area (TPSA) is 126 Å². The van der Waals surface area contributed by atoms with Gasteiger partial charge < -0.3 is 15.1 Å². The second-order valence-electron chi connectivity index (χ2n) is 12.7. The normalized spacial score (nSPS) is 21.5. The van der Waals surface area contributed by atoms with Crippen molar-refractivity contribution in [2.24, 2.45) is 5.41 Å².